The van der Waals surface area contributed by atoms with Crippen LogP contribution in [0.1, 0.15) is 165 Å². The van der Waals surface area contributed by atoms with Gasteiger partial charge in [0.25, 0.3) is 20.2 Å². The van der Waals surface area contributed by atoms with Crippen LogP contribution in [0.3, 0.4) is 0 Å². The molecule has 9 rings (SSSR count). The molecule has 0 saturated carbocycles. The number of rotatable bonds is 30. The summed E-state index contributed by atoms with van der Waals surface area (Å²) < 4.78 is 61.6. The van der Waals surface area contributed by atoms with E-state index < -0.39 is 20.2 Å². The summed E-state index contributed by atoms with van der Waals surface area (Å²) in [5.74, 6) is 1.50. The highest BCUT2D eigenvalue weighted by molar-refractivity contribution is 7.86. The van der Waals surface area contributed by atoms with Crippen LogP contribution in [0, 0.1) is 0 Å². The molecule has 0 fully saturated rings. The Kier molecular flexibility index (Phi) is 26.2. The molecule has 0 aromatic heterocycles. The minimum absolute atomic E-state index is 0.0284. The number of hydrazine groups is 4. The summed E-state index contributed by atoms with van der Waals surface area (Å²) in [6.45, 7) is 4.49. The van der Waals surface area contributed by atoms with Gasteiger partial charge in [-0.15, -0.1) is 10.2 Å². The number of nitrogens with zero attached hydrogens (tertiary/aromatic N) is 6. The summed E-state index contributed by atoms with van der Waals surface area (Å²) in [5, 5.41) is 17.5. The summed E-state index contributed by atoms with van der Waals surface area (Å²) in [6.07, 6.45) is 28.3. The van der Waals surface area contributed by atoms with Crippen molar-refractivity contribution in [3.8, 4) is 0 Å². The van der Waals surface area contributed by atoms with Crippen molar-refractivity contribution in [1.82, 2.24) is 10.9 Å². The number of hydrogen-bond acceptors (Lipinski definition) is 12. The first kappa shape index (κ1) is 64.1. The lowest BCUT2D eigenvalue weighted by Gasteiger charge is -2.27. The summed E-state index contributed by atoms with van der Waals surface area (Å²) in [5.41, 5.74) is 15.0. The molecule has 0 amide bonds. The average molecular weight is 1180 g/mol. The third-order valence-corrected chi connectivity index (χ3v) is 16.4. The molecule has 7 aromatic carbocycles. The molecule has 0 radical (unpaired) electrons. The van der Waals surface area contributed by atoms with Crippen molar-refractivity contribution < 1.29 is 25.9 Å². The number of hydrogen-bond donors (Lipinski definition) is 4. The van der Waals surface area contributed by atoms with E-state index in [4.69, 9.17) is 19.3 Å². The van der Waals surface area contributed by atoms with Gasteiger partial charge in [-0.05, 0) is 110 Å². The van der Waals surface area contributed by atoms with Gasteiger partial charge in [-0.2, -0.15) is 37.3 Å². The van der Waals surface area contributed by atoms with Crippen LogP contribution in [0.15, 0.2) is 214 Å². The SMILES string of the molecule is CCCCCCCCCCCCc1ccc(S(=O)(=O)O)cc1.CCCCCCCCCCCCc1ccc(S(=O)(=O)O)cc1.c1ccc(N2N=C(c3ccc(C4=NN(c5ccccc5)N(c5ccccc5)N4)cc3)NN2c2ccccc2)cc1. The lowest BCUT2D eigenvalue weighted by atomic mass is 10.0. The van der Waals surface area contributed by atoms with Gasteiger partial charge in [0.2, 0.25) is 0 Å². The van der Waals surface area contributed by atoms with Crippen molar-refractivity contribution in [3.63, 3.8) is 0 Å². The van der Waals surface area contributed by atoms with Gasteiger partial charge >= 0.3 is 0 Å². The number of anilines is 4. The molecule has 446 valence electrons. The fourth-order valence-electron chi connectivity index (χ4n) is 9.89. The normalized spacial score (nSPS) is 13.0. The van der Waals surface area contributed by atoms with Gasteiger partial charge in [0.15, 0.2) is 11.7 Å². The van der Waals surface area contributed by atoms with Gasteiger partial charge in [0.05, 0.1) is 32.5 Å². The molecule has 0 saturated heterocycles. The van der Waals surface area contributed by atoms with Crippen LogP contribution in [-0.4, -0.2) is 37.6 Å². The van der Waals surface area contributed by atoms with Crippen LogP contribution >= 0.6 is 0 Å². The Morgan fingerprint density at radius 2 is 0.595 bits per heavy atom. The van der Waals surface area contributed by atoms with E-state index in [1.807, 2.05) is 142 Å². The predicted molar refractivity (Wildman–Crippen MR) is 345 cm³/mol. The van der Waals surface area contributed by atoms with E-state index in [1.165, 1.54) is 140 Å². The Balaban J connectivity index is 0.000000197. The number of nitrogens with one attached hydrogen (secondary N) is 2. The maximum atomic E-state index is 10.9. The van der Waals surface area contributed by atoms with Crippen LogP contribution in [0.4, 0.5) is 22.7 Å². The van der Waals surface area contributed by atoms with E-state index >= 15 is 0 Å². The monoisotopic (exact) mass is 1170 g/mol. The van der Waals surface area contributed by atoms with Crippen LogP contribution in [0.2, 0.25) is 0 Å². The zero-order valence-electron chi connectivity index (χ0n) is 49.1. The largest absolute Gasteiger partial charge is 0.294 e. The summed E-state index contributed by atoms with van der Waals surface area (Å²) in [7, 11) is -8.13. The molecule has 84 heavy (non-hydrogen) atoms. The average Bonchev–Trinajstić information content (AvgIpc) is 4.41. The molecule has 0 spiro atoms. The second-order valence-corrected chi connectivity index (χ2v) is 24.2. The molecular formula is C68H86N8O6S2. The van der Waals surface area contributed by atoms with Crippen LogP contribution in [0.5, 0.6) is 0 Å². The molecule has 2 aliphatic heterocycles. The van der Waals surface area contributed by atoms with E-state index in [1.54, 1.807) is 24.3 Å². The lowest BCUT2D eigenvalue weighted by molar-refractivity contribution is 0.481. The Bertz CT molecular complexity index is 3050. The Labute approximate surface area is 500 Å². The topological polar surface area (TPSA) is 170 Å². The highest BCUT2D eigenvalue weighted by atomic mass is 32.2. The number of benzene rings is 7. The molecule has 7 aromatic rings. The smallest absolute Gasteiger partial charge is 0.282 e. The molecule has 0 bridgehead atoms. The van der Waals surface area contributed by atoms with Gasteiger partial charge in [0, 0.05) is 11.1 Å². The standard InChI is InChI=1S/C32H26N8.2C18H30O3S/c1-5-13-27(14-6-1)37-33-31(34-38(37)28-15-7-2-8-16-28)25-21-23-26(24-22-25)32-35-39(29-17-9-3-10-18-29)40(36-32)30-19-11-4-12-20-30;2*1-2-3-4-5-6-7-8-9-10-11-12-17-13-15-18(16-14-17)22(19,20)21/h1-24H,(H,33,34)(H,35,36);2*13-16H,2-12H2,1H3,(H,19,20,21). The molecule has 2 heterocycles. The first-order valence-electron chi connectivity index (χ1n) is 30.3. The molecule has 16 heteroatoms. The van der Waals surface area contributed by atoms with Crippen molar-refractivity contribution in [3.05, 3.63) is 216 Å². The van der Waals surface area contributed by atoms with Crippen molar-refractivity contribution in [2.24, 2.45) is 10.2 Å². The minimum atomic E-state index is -4.06. The quantitative estimate of drug-likeness (QED) is 0.0249. The van der Waals surface area contributed by atoms with E-state index in [-0.39, 0.29) is 9.79 Å². The summed E-state index contributed by atoms with van der Waals surface area (Å²) >= 11 is 0. The number of hydrazone groups is 2. The summed E-state index contributed by atoms with van der Waals surface area (Å²) in [4.78, 5) is -0.0568. The van der Waals surface area contributed by atoms with Crippen molar-refractivity contribution >= 4 is 54.7 Å². The van der Waals surface area contributed by atoms with Crippen LogP contribution in [-0.2, 0) is 33.1 Å². The zero-order chi connectivity index (χ0) is 59.2. The van der Waals surface area contributed by atoms with Gasteiger partial charge in [0.1, 0.15) is 0 Å². The van der Waals surface area contributed by atoms with Crippen molar-refractivity contribution in [2.45, 2.75) is 165 Å². The first-order chi connectivity index (χ1) is 40.9. The van der Waals surface area contributed by atoms with Crippen LogP contribution in [0.25, 0.3) is 0 Å². The molecule has 2 aliphatic rings. The molecule has 4 N–H and O–H groups in total. The van der Waals surface area contributed by atoms with Crippen molar-refractivity contribution in [1.29, 1.82) is 0 Å². The number of unbranched alkanes of at least 4 members (excludes halogenated alkanes) is 18. The van der Waals surface area contributed by atoms with E-state index in [2.05, 4.69) is 49.0 Å². The Morgan fingerprint density at radius 3 is 0.869 bits per heavy atom. The molecular weight excluding hydrogens is 1090 g/mol. The first-order valence-corrected chi connectivity index (χ1v) is 33.1. The highest BCUT2D eigenvalue weighted by Gasteiger charge is 2.29. The van der Waals surface area contributed by atoms with Gasteiger partial charge in [-0.25, -0.2) is 0 Å². The highest BCUT2D eigenvalue weighted by Crippen LogP contribution is 2.28. The minimum Gasteiger partial charge on any atom is -0.282 e. The van der Waals surface area contributed by atoms with Gasteiger partial charge in [-0.1, -0.05) is 251 Å². The Hall–Kier alpha value is -7.50. The van der Waals surface area contributed by atoms with E-state index in [9.17, 15) is 16.8 Å². The number of amidine groups is 2. The van der Waals surface area contributed by atoms with Gasteiger partial charge in [-0.3, -0.25) is 20.0 Å². The second-order valence-electron chi connectivity index (χ2n) is 21.3. The third kappa shape index (κ3) is 21.0. The third-order valence-electron chi connectivity index (χ3n) is 14.7. The number of para-hydroxylation sites is 4. The molecule has 0 atom stereocenters. The fraction of sp³-hybridized carbons (Fsp3) is 0.353. The van der Waals surface area contributed by atoms with Crippen molar-refractivity contribution in [2.75, 3.05) is 20.5 Å². The molecule has 14 nitrogen and oxygen atoms in total. The van der Waals surface area contributed by atoms with Crippen LogP contribution < -0.4 is 31.3 Å². The van der Waals surface area contributed by atoms with E-state index in [0.29, 0.717) is 0 Å². The van der Waals surface area contributed by atoms with E-state index in [0.717, 1.165) is 82.4 Å². The maximum Gasteiger partial charge on any atom is 0.294 e. The predicted octanol–water partition coefficient (Wildman–Crippen LogP) is 16.7. The summed E-state index contributed by atoms with van der Waals surface area (Å²) in [6, 6.07) is 61.7. The van der Waals surface area contributed by atoms with Gasteiger partial charge < -0.3 is 0 Å². The zero-order valence-corrected chi connectivity index (χ0v) is 50.7. The fourth-order valence-corrected chi connectivity index (χ4v) is 10.9. The second kappa shape index (κ2) is 34.3. The molecule has 0 aliphatic carbocycles. The Morgan fingerprint density at radius 1 is 0.333 bits per heavy atom. The lowest BCUT2D eigenvalue weighted by Crippen LogP contribution is -2.44. The molecule has 0 unspecified atom stereocenters. The number of aryl methyl sites for hydroxylation is 2. The maximum absolute atomic E-state index is 10.9.